The maximum atomic E-state index is 13.3. The van der Waals surface area contributed by atoms with E-state index in [0.29, 0.717) is 51.5 Å². The lowest BCUT2D eigenvalue weighted by molar-refractivity contribution is -0.202. The highest BCUT2D eigenvalue weighted by atomic mass is 16.4. The van der Waals surface area contributed by atoms with E-state index in [1.165, 1.54) is 9.80 Å². The fourth-order valence-electron chi connectivity index (χ4n) is 13.5. The van der Waals surface area contributed by atoms with Crippen LogP contribution in [0.15, 0.2) is 0 Å². The third kappa shape index (κ3) is 19.1. The molecule has 4 aliphatic rings. The summed E-state index contributed by atoms with van der Waals surface area (Å²) in [5.74, 6) is -6.52. The van der Waals surface area contributed by atoms with E-state index in [9.17, 15) is 58.5 Å². The van der Waals surface area contributed by atoms with Crippen molar-refractivity contribution in [2.45, 2.75) is 154 Å². The van der Waals surface area contributed by atoms with Crippen LogP contribution in [-0.2, 0) is 43.2 Å². The topological polar surface area (TPSA) is 362 Å². The van der Waals surface area contributed by atoms with Crippen molar-refractivity contribution in [3.63, 3.8) is 0 Å². The van der Waals surface area contributed by atoms with Crippen LogP contribution >= 0.6 is 0 Å². The van der Waals surface area contributed by atoms with Gasteiger partial charge >= 0.3 is 29.8 Å². The Morgan fingerprint density at radius 2 is 1.15 bits per heavy atom. The zero-order valence-corrected chi connectivity index (χ0v) is 44.4. The second-order valence-corrected chi connectivity index (χ2v) is 22.6. The second kappa shape index (κ2) is 29.8. The molecule has 0 aliphatic heterocycles. The quantitative estimate of drug-likeness (QED) is 0.0302. The van der Waals surface area contributed by atoms with Gasteiger partial charge in [-0.3, -0.25) is 53.0 Å². The number of carbonyl (C=O) groups excluding carboxylic acids is 4. The Hall–Kier alpha value is -4.65. The Kier molecular flexibility index (Phi) is 24.9. The number of hydrogen-bond acceptors (Lipinski definition) is 16. The van der Waals surface area contributed by atoms with Crippen LogP contribution in [0.25, 0.3) is 0 Å². The Morgan fingerprint density at radius 1 is 0.613 bits per heavy atom. The molecule has 0 spiro atoms. The first-order valence-corrected chi connectivity index (χ1v) is 27.0. The molecule has 0 aromatic heterocycles. The average molecular weight is 1070 g/mol. The molecule has 0 aromatic rings. The molecule has 4 rings (SSSR count). The predicted molar refractivity (Wildman–Crippen MR) is 272 cm³/mol. The van der Waals surface area contributed by atoms with Gasteiger partial charge in [-0.05, 0) is 130 Å². The van der Waals surface area contributed by atoms with Crippen LogP contribution in [0.2, 0.25) is 0 Å². The van der Waals surface area contributed by atoms with Gasteiger partial charge in [-0.1, -0.05) is 20.8 Å². The van der Waals surface area contributed by atoms with Crippen LogP contribution in [0.1, 0.15) is 124 Å². The SMILES string of the molecule is CC(CCCC(=O)C(=O)CCCC(CN[C@H]1CC[C@@]2(C)[C@@H](C1)C[C@@H](O)[C@@H]1[C@@H]2C[C@H](O)[C@]2(C)[C@@H]([C@H](C)CCC(=O)O)CC[C@@H]12)NC(=O)CNCCN(CC(=O)O)CC(=O)O)NC(=O)CNCCN(CC(=O)O)CC(=O)O. The Labute approximate surface area is 440 Å². The van der Waals surface area contributed by atoms with Gasteiger partial charge in [0, 0.05) is 70.1 Å². The van der Waals surface area contributed by atoms with E-state index in [0.717, 1.165) is 32.1 Å². The molecule has 0 saturated heterocycles. The zero-order valence-electron chi connectivity index (χ0n) is 44.4. The summed E-state index contributed by atoms with van der Waals surface area (Å²) in [4.78, 5) is 110. The van der Waals surface area contributed by atoms with E-state index < -0.39 is 91.3 Å². The van der Waals surface area contributed by atoms with Crippen molar-refractivity contribution in [2.24, 2.45) is 46.3 Å². The normalized spacial score (nSPS) is 28.3. The van der Waals surface area contributed by atoms with Gasteiger partial charge in [0.15, 0.2) is 11.6 Å². The molecule has 13 atom stereocenters. The van der Waals surface area contributed by atoms with Crippen molar-refractivity contribution in [3.05, 3.63) is 0 Å². The lowest BCUT2D eigenvalue weighted by Gasteiger charge is -2.64. The number of aliphatic hydroxyl groups excluding tert-OH is 2. The molecule has 2 amide bonds. The van der Waals surface area contributed by atoms with Crippen molar-refractivity contribution < 1.29 is 78.9 Å². The fourth-order valence-corrected chi connectivity index (χ4v) is 13.5. The molecule has 2 unspecified atom stereocenters. The zero-order chi connectivity index (χ0) is 55.6. The first-order chi connectivity index (χ1) is 35.3. The van der Waals surface area contributed by atoms with E-state index >= 15 is 0 Å². The van der Waals surface area contributed by atoms with Crippen LogP contribution < -0.4 is 26.6 Å². The maximum Gasteiger partial charge on any atom is 0.317 e. The molecule has 12 N–H and O–H groups in total. The fraction of sp³-hybridized carbons (Fsp3) is 0.827. The molecule has 0 radical (unpaired) electrons. The van der Waals surface area contributed by atoms with Gasteiger partial charge < -0.3 is 62.3 Å². The van der Waals surface area contributed by atoms with E-state index in [-0.39, 0.29) is 123 Å². The number of nitrogens with zero attached hydrogens (tertiary/aromatic N) is 2. The summed E-state index contributed by atoms with van der Waals surface area (Å²) in [6.45, 7) is 7.09. The Morgan fingerprint density at radius 3 is 1.68 bits per heavy atom. The number of carboxylic acid groups (broad SMARTS) is 5. The second-order valence-electron chi connectivity index (χ2n) is 22.6. The lowest BCUT2D eigenvalue weighted by atomic mass is 9.43. The van der Waals surface area contributed by atoms with Crippen LogP contribution in [0, 0.1) is 46.3 Å². The van der Waals surface area contributed by atoms with Gasteiger partial charge in [0.05, 0.1) is 51.5 Å². The van der Waals surface area contributed by atoms with E-state index in [2.05, 4.69) is 47.4 Å². The van der Waals surface area contributed by atoms with Crippen molar-refractivity contribution in [1.82, 2.24) is 36.4 Å². The number of ketones is 2. The van der Waals surface area contributed by atoms with Crippen LogP contribution in [-0.4, -0.2) is 201 Å². The smallest absolute Gasteiger partial charge is 0.317 e. The summed E-state index contributed by atoms with van der Waals surface area (Å²) in [6, 6.07) is -0.707. The summed E-state index contributed by atoms with van der Waals surface area (Å²) in [5.41, 5.74) is -0.511. The number of aliphatic hydroxyl groups is 2. The highest BCUT2D eigenvalue weighted by Crippen LogP contribution is 2.68. The summed E-state index contributed by atoms with van der Waals surface area (Å²) in [7, 11) is 0. The van der Waals surface area contributed by atoms with Crippen molar-refractivity contribution in [3.8, 4) is 0 Å². The van der Waals surface area contributed by atoms with Crippen molar-refractivity contribution >= 4 is 53.2 Å². The molecule has 75 heavy (non-hydrogen) atoms. The molecular weight excluding hydrogens is 979 g/mol. The van der Waals surface area contributed by atoms with Crippen molar-refractivity contribution in [2.75, 3.05) is 72.0 Å². The van der Waals surface area contributed by atoms with E-state index in [1.807, 2.05) is 0 Å². The number of nitrogens with one attached hydrogen (secondary N) is 5. The molecule has 23 nitrogen and oxygen atoms in total. The standard InChI is InChI=1S/C52H87N7O16/c1-31(11-14-45(66)67)36-12-13-37-50-38(23-42(63)52(36,37)4)51(3)16-15-34(21-33(51)22-41(50)62)55-24-35(57-44(65)26-54-18-20-59(29-48(72)73)30-49(74)75)8-6-10-40(61)39(60)9-5-7-32(2)56-43(64)25-53-17-19-58(27-46(68)69)28-47(70)71/h31-38,41-42,50,53-55,62-63H,5-30H2,1-4H3,(H,56,64)(H,57,65)(H,66,67)(H,68,69)(H,70,71)(H,72,73)(H,74,75)/t31-,32?,33+,34+,35?,36-,37+,38+,41-,42+,50+,51+,52-/m1/s1. The molecule has 4 aliphatic carbocycles. The molecule has 0 bridgehead atoms. The minimum absolute atomic E-state index is 0.0185. The maximum absolute atomic E-state index is 13.3. The van der Waals surface area contributed by atoms with Gasteiger partial charge in [-0.25, -0.2) is 0 Å². The molecule has 426 valence electrons. The number of carbonyl (C=O) groups is 9. The van der Waals surface area contributed by atoms with Crippen LogP contribution in [0.3, 0.4) is 0 Å². The number of carboxylic acids is 5. The predicted octanol–water partition coefficient (Wildman–Crippen LogP) is 0.636. The van der Waals surface area contributed by atoms with Crippen LogP contribution in [0.5, 0.6) is 0 Å². The third-order valence-corrected chi connectivity index (χ3v) is 17.3. The first kappa shape index (κ1) is 62.9. The Balaban J connectivity index is 1.29. The number of Topliss-reactive ketones (excluding diaryl/α,β-unsaturated/α-hetero) is 2. The van der Waals surface area contributed by atoms with Gasteiger partial charge in [0.1, 0.15) is 0 Å². The molecule has 4 fully saturated rings. The highest BCUT2D eigenvalue weighted by Gasteiger charge is 2.65. The van der Waals surface area contributed by atoms with Gasteiger partial charge in [0.2, 0.25) is 11.8 Å². The molecule has 4 saturated carbocycles. The number of hydrogen-bond donors (Lipinski definition) is 12. The molecular formula is C52H87N7O16. The minimum atomic E-state index is -1.18. The van der Waals surface area contributed by atoms with Crippen molar-refractivity contribution in [1.29, 1.82) is 0 Å². The summed E-state index contributed by atoms with van der Waals surface area (Å²) in [6.07, 6.45) is 6.46. The summed E-state index contributed by atoms with van der Waals surface area (Å²) >= 11 is 0. The minimum Gasteiger partial charge on any atom is -0.481 e. The van der Waals surface area contributed by atoms with Gasteiger partial charge in [0.25, 0.3) is 0 Å². The number of fused-ring (bicyclic) bond motifs is 5. The largest absolute Gasteiger partial charge is 0.481 e. The van der Waals surface area contributed by atoms with Gasteiger partial charge in [-0.15, -0.1) is 0 Å². The third-order valence-electron chi connectivity index (χ3n) is 17.3. The van der Waals surface area contributed by atoms with E-state index in [1.54, 1.807) is 6.92 Å². The Bertz CT molecular complexity index is 1950. The highest BCUT2D eigenvalue weighted by molar-refractivity contribution is 6.37. The number of aliphatic carboxylic acids is 5. The van der Waals surface area contributed by atoms with E-state index in [4.69, 9.17) is 20.4 Å². The lowest BCUT2D eigenvalue weighted by Crippen LogP contribution is -2.63. The number of amides is 2. The first-order valence-electron chi connectivity index (χ1n) is 27.0. The van der Waals surface area contributed by atoms with Gasteiger partial charge in [-0.2, -0.15) is 0 Å². The molecule has 0 aromatic carbocycles. The molecule has 0 heterocycles. The summed E-state index contributed by atoms with van der Waals surface area (Å²) in [5, 5.41) is 84.9. The monoisotopic (exact) mass is 1070 g/mol. The summed E-state index contributed by atoms with van der Waals surface area (Å²) < 4.78 is 0. The average Bonchev–Trinajstić information content (AvgIpc) is 3.67. The van der Waals surface area contributed by atoms with Crippen LogP contribution in [0.4, 0.5) is 0 Å². The molecule has 23 heteroatoms. The number of rotatable bonds is 36.